The van der Waals surface area contributed by atoms with E-state index in [4.69, 9.17) is 0 Å². The molecule has 0 unspecified atom stereocenters. The third-order valence-electron chi connectivity index (χ3n) is 4.89. The standard InChI is InChI=1S/C25H26N2O2/c1-18-9-10-19(2)23(15-18)26-24(28)17-27(3)25(29)16-20-11-13-22(14-12-20)21-7-5-4-6-8-21/h4-15H,16-17H2,1-3H3,(H,26,28). The summed E-state index contributed by atoms with van der Waals surface area (Å²) in [5.41, 5.74) is 6.04. The molecule has 0 heterocycles. The van der Waals surface area contributed by atoms with Gasteiger partial charge in [-0.15, -0.1) is 0 Å². The van der Waals surface area contributed by atoms with Crippen LogP contribution in [0.1, 0.15) is 16.7 Å². The van der Waals surface area contributed by atoms with Crippen LogP contribution in [-0.4, -0.2) is 30.3 Å². The van der Waals surface area contributed by atoms with Crippen molar-refractivity contribution in [3.8, 4) is 11.1 Å². The van der Waals surface area contributed by atoms with E-state index in [2.05, 4.69) is 17.4 Å². The zero-order valence-corrected chi connectivity index (χ0v) is 17.1. The van der Waals surface area contributed by atoms with E-state index in [0.717, 1.165) is 33.5 Å². The molecule has 0 spiro atoms. The topological polar surface area (TPSA) is 49.4 Å². The number of hydrogen-bond acceptors (Lipinski definition) is 2. The van der Waals surface area contributed by atoms with Crippen LogP contribution in [0.5, 0.6) is 0 Å². The van der Waals surface area contributed by atoms with E-state index >= 15 is 0 Å². The molecule has 0 atom stereocenters. The zero-order valence-electron chi connectivity index (χ0n) is 17.1. The molecule has 4 heteroatoms. The van der Waals surface area contributed by atoms with Crippen molar-refractivity contribution < 1.29 is 9.59 Å². The Bertz CT molecular complexity index is 995. The molecule has 0 aliphatic carbocycles. The van der Waals surface area contributed by atoms with Crippen LogP contribution in [0.3, 0.4) is 0 Å². The Kier molecular flexibility index (Phi) is 6.45. The maximum Gasteiger partial charge on any atom is 0.243 e. The summed E-state index contributed by atoms with van der Waals surface area (Å²) in [6, 6.07) is 24.0. The monoisotopic (exact) mass is 386 g/mol. The van der Waals surface area contributed by atoms with E-state index in [1.165, 1.54) is 4.90 Å². The minimum absolute atomic E-state index is 0.0221. The van der Waals surface area contributed by atoms with Crippen molar-refractivity contribution in [3.63, 3.8) is 0 Å². The number of likely N-dealkylation sites (N-methyl/N-ethyl adjacent to an activating group) is 1. The van der Waals surface area contributed by atoms with Crippen molar-refractivity contribution in [2.45, 2.75) is 20.3 Å². The molecule has 3 aromatic carbocycles. The minimum Gasteiger partial charge on any atom is -0.336 e. The molecule has 0 aliphatic heterocycles. The lowest BCUT2D eigenvalue weighted by molar-refractivity contribution is -0.132. The van der Waals surface area contributed by atoms with Crippen LogP contribution in [0.4, 0.5) is 5.69 Å². The van der Waals surface area contributed by atoms with Crippen molar-refractivity contribution in [2.24, 2.45) is 0 Å². The van der Waals surface area contributed by atoms with E-state index in [-0.39, 0.29) is 24.8 Å². The van der Waals surface area contributed by atoms with E-state index in [1.807, 2.05) is 74.5 Å². The van der Waals surface area contributed by atoms with Crippen LogP contribution in [0.15, 0.2) is 72.8 Å². The molecule has 1 N–H and O–H groups in total. The quantitative estimate of drug-likeness (QED) is 0.673. The highest BCUT2D eigenvalue weighted by atomic mass is 16.2. The first-order valence-corrected chi connectivity index (χ1v) is 9.68. The molecule has 0 aromatic heterocycles. The van der Waals surface area contributed by atoms with Crippen LogP contribution >= 0.6 is 0 Å². The smallest absolute Gasteiger partial charge is 0.243 e. The van der Waals surface area contributed by atoms with Gasteiger partial charge in [0.15, 0.2) is 0 Å². The molecule has 29 heavy (non-hydrogen) atoms. The molecule has 3 rings (SSSR count). The van der Waals surface area contributed by atoms with Gasteiger partial charge in [-0.05, 0) is 47.7 Å². The molecule has 148 valence electrons. The Morgan fingerprint density at radius 2 is 1.52 bits per heavy atom. The summed E-state index contributed by atoms with van der Waals surface area (Å²) in [4.78, 5) is 26.3. The second-order valence-corrected chi connectivity index (χ2v) is 7.36. The summed E-state index contributed by atoms with van der Waals surface area (Å²) in [6.45, 7) is 3.95. The van der Waals surface area contributed by atoms with Crippen LogP contribution < -0.4 is 5.32 Å². The Morgan fingerprint density at radius 3 is 2.21 bits per heavy atom. The highest BCUT2D eigenvalue weighted by Crippen LogP contribution is 2.20. The number of anilines is 1. The second kappa shape index (κ2) is 9.20. The maximum absolute atomic E-state index is 12.5. The Labute approximate surface area is 172 Å². The van der Waals surface area contributed by atoms with Crippen LogP contribution in [0, 0.1) is 13.8 Å². The van der Waals surface area contributed by atoms with Gasteiger partial charge in [0.25, 0.3) is 0 Å². The fraction of sp³-hybridized carbons (Fsp3) is 0.200. The highest BCUT2D eigenvalue weighted by molar-refractivity contribution is 5.95. The van der Waals surface area contributed by atoms with Crippen molar-refractivity contribution in [2.75, 3.05) is 18.9 Å². The predicted molar refractivity (Wildman–Crippen MR) is 118 cm³/mol. The lowest BCUT2D eigenvalue weighted by Gasteiger charge is -2.18. The average Bonchev–Trinajstić information content (AvgIpc) is 2.72. The number of hydrogen-bond donors (Lipinski definition) is 1. The number of benzene rings is 3. The number of carbonyl (C=O) groups excluding carboxylic acids is 2. The SMILES string of the molecule is Cc1ccc(C)c(NC(=O)CN(C)C(=O)Cc2ccc(-c3ccccc3)cc2)c1. The van der Waals surface area contributed by atoms with Gasteiger partial charge in [0.1, 0.15) is 0 Å². The van der Waals surface area contributed by atoms with Crippen molar-refractivity contribution >= 4 is 17.5 Å². The molecule has 4 nitrogen and oxygen atoms in total. The van der Waals surface area contributed by atoms with Crippen LogP contribution in [-0.2, 0) is 16.0 Å². The van der Waals surface area contributed by atoms with Crippen molar-refractivity contribution in [3.05, 3.63) is 89.5 Å². The first-order chi connectivity index (χ1) is 13.9. The summed E-state index contributed by atoms with van der Waals surface area (Å²) in [7, 11) is 1.66. The molecule has 3 aromatic rings. The lowest BCUT2D eigenvalue weighted by atomic mass is 10.0. The number of amides is 2. The maximum atomic E-state index is 12.5. The second-order valence-electron chi connectivity index (χ2n) is 7.36. The normalized spacial score (nSPS) is 10.4. The zero-order chi connectivity index (χ0) is 20.8. The first-order valence-electron chi connectivity index (χ1n) is 9.68. The molecule has 0 bridgehead atoms. The Balaban J connectivity index is 1.56. The van der Waals surface area contributed by atoms with Gasteiger partial charge in [-0.25, -0.2) is 0 Å². The van der Waals surface area contributed by atoms with Crippen LogP contribution in [0.25, 0.3) is 11.1 Å². The molecule has 0 saturated heterocycles. The summed E-state index contributed by atoms with van der Waals surface area (Å²) in [6.07, 6.45) is 0.266. The van der Waals surface area contributed by atoms with Gasteiger partial charge >= 0.3 is 0 Å². The third kappa shape index (κ3) is 5.55. The molecule has 0 aliphatic rings. The number of carbonyl (C=O) groups is 2. The molecule has 0 saturated carbocycles. The van der Waals surface area contributed by atoms with Gasteiger partial charge in [-0.3, -0.25) is 9.59 Å². The van der Waals surface area contributed by atoms with Gasteiger partial charge in [-0.2, -0.15) is 0 Å². The summed E-state index contributed by atoms with van der Waals surface area (Å²) >= 11 is 0. The number of rotatable bonds is 6. The van der Waals surface area contributed by atoms with Gasteiger partial charge in [0.2, 0.25) is 11.8 Å². The van der Waals surface area contributed by atoms with E-state index < -0.39 is 0 Å². The summed E-state index contributed by atoms with van der Waals surface area (Å²) < 4.78 is 0. The lowest BCUT2D eigenvalue weighted by Crippen LogP contribution is -2.35. The number of aryl methyl sites for hydroxylation is 2. The Hall–Kier alpha value is -3.40. The fourth-order valence-corrected chi connectivity index (χ4v) is 3.12. The summed E-state index contributed by atoms with van der Waals surface area (Å²) in [5, 5.41) is 2.89. The first kappa shape index (κ1) is 20.3. The molecule has 0 fully saturated rings. The largest absolute Gasteiger partial charge is 0.336 e. The van der Waals surface area contributed by atoms with E-state index in [0.29, 0.717) is 0 Å². The van der Waals surface area contributed by atoms with Crippen molar-refractivity contribution in [1.82, 2.24) is 4.90 Å². The highest BCUT2D eigenvalue weighted by Gasteiger charge is 2.14. The number of nitrogens with zero attached hydrogens (tertiary/aromatic N) is 1. The minimum atomic E-state index is -0.200. The fourth-order valence-electron chi connectivity index (χ4n) is 3.12. The molecular formula is C25H26N2O2. The molecular weight excluding hydrogens is 360 g/mol. The molecule has 2 amide bonds. The Morgan fingerprint density at radius 1 is 0.862 bits per heavy atom. The van der Waals surface area contributed by atoms with Gasteiger partial charge in [0.05, 0.1) is 13.0 Å². The van der Waals surface area contributed by atoms with Crippen molar-refractivity contribution in [1.29, 1.82) is 0 Å². The third-order valence-corrected chi connectivity index (χ3v) is 4.89. The average molecular weight is 386 g/mol. The van der Waals surface area contributed by atoms with E-state index in [9.17, 15) is 9.59 Å². The summed E-state index contributed by atoms with van der Waals surface area (Å²) in [5.74, 6) is -0.289. The number of nitrogens with one attached hydrogen (secondary N) is 1. The molecule has 0 radical (unpaired) electrons. The van der Waals surface area contributed by atoms with Gasteiger partial charge in [0, 0.05) is 12.7 Å². The van der Waals surface area contributed by atoms with Gasteiger partial charge < -0.3 is 10.2 Å². The van der Waals surface area contributed by atoms with E-state index in [1.54, 1.807) is 7.05 Å². The predicted octanol–water partition coefficient (Wildman–Crippen LogP) is 4.61. The van der Waals surface area contributed by atoms with Crippen LogP contribution in [0.2, 0.25) is 0 Å². The van der Waals surface area contributed by atoms with Gasteiger partial charge in [-0.1, -0.05) is 66.7 Å².